The zero-order valence-electron chi connectivity index (χ0n) is 18.5. The van der Waals surface area contributed by atoms with Crippen molar-refractivity contribution >= 4 is 68.5 Å². The van der Waals surface area contributed by atoms with Gasteiger partial charge in [-0.2, -0.15) is 5.10 Å². The zero-order valence-corrected chi connectivity index (χ0v) is 21.5. The highest BCUT2D eigenvalue weighted by atomic mass is 127. The molecule has 10 heteroatoms. The van der Waals surface area contributed by atoms with Gasteiger partial charge in [0, 0.05) is 61.4 Å². The number of allylic oxidation sites excluding steroid dienone is 1. The Morgan fingerprint density at radius 1 is 1.24 bits per heavy atom. The molecule has 0 unspecified atom stereocenters. The van der Waals surface area contributed by atoms with Crippen molar-refractivity contribution < 1.29 is 14.6 Å². The van der Waals surface area contributed by atoms with E-state index in [9.17, 15) is 5.11 Å². The number of hydrogen-bond acceptors (Lipinski definition) is 8. The molecule has 1 aromatic carbocycles. The smallest absolute Gasteiger partial charge is 0.133 e. The number of aliphatic hydroxyl groups excluding tert-OH is 1. The van der Waals surface area contributed by atoms with Crippen molar-refractivity contribution in [1.82, 2.24) is 15.4 Å². The molecule has 0 atom stereocenters. The van der Waals surface area contributed by atoms with Crippen molar-refractivity contribution in [2.24, 2.45) is 5.10 Å². The molecule has 33 heavy (non-hydrogen) atoms. The maximum Gasteiger partial charge on any atom is 0.133 e. The van der Waals surface area contributed by atoms with Gasteiger partial charge in [-0.3, -0.25) is 4.98 Å². The van der Waals surface area contributed by atoms with Gasteiger partial charge in [-0.25, -0.2) is 4.98 Å². The quantitative estimate of drug-likeness (QED) is 0.202. The van der Waals surface area contributed by atoms with Crippen molar-refractivity contribution in [2.45, 2.75) is 6.42 Å². The molecule has 2 aromatic heterocycles. The Balaban J connectivity index is 2.14. The van der Waals surface area contributed by atoms with Crippen LogP contribution in [0.25, 0.3) is 16.6 Å². The summed E-state index contributed by atoms with van der Waals surface area (Å²) < 4.78 is 12.7. The van der Waals surface area contributed by atoms with E-state index in [1.54, 1.807) is 39.7 Å². The molecule has 0 fully saturated rings. The summed E-state index contributed by atoms with van der Waals surface area (Å²) in [6.45, 7) is 0.579. The van der Waals surface area contributed by atoms with Gasteiger partial charge in [-0.05, 0) is 22.6 Å². The Kier molecular flexibility index (Phi) is 9.10. The molecular formula is C23H25ClIN5O3. The topological polar surface area (TPSA) is 92.1 Å². The molecule has 0 radical (unpaired) electrons. The molecule has 0 saturated heterocycles. The van der Waals surface area contributed by atoms with Gasteiger partial charge in [0.05, 0.1) is 31.0 Å². The van der Waals surface area contributed by atoms with Gasteiger partial charge in [-0.15, -0.1) is 0 Å². The molecule has 174 valence electrons. The molecule has 0 bridgehead atoms. The number of ether oxygens (including phenoxy) is 2. The van der Waals surface area contributed by atoms with Crippen LogP contribution in [-0.2, 0) is 0 Å². The Bertz CT molecular complexity index is 1150. The summed E-state index contributed by atoms with van der Waals surface area (Å²) in [5.74, 6) is 1.97. The predicted octanol–water partition coefficient (Wildman–Crippen LogP) is 4.80. The second kappa shape index (κ2) is 12.0. The molecule has 0 saturated carbocycles. The summed E-state index contributed by atoms with van der Waals surface area (Å²) in [5, 5.41) is 14.0. The van der Waals surface area contributed by atoms with E-state index in [1.165, 1.54) is 0 Å². The summed E-state index contributed by atoms with van der Waals surface area (Å²) >= 11 is 8.93. The Hall–Kier alpha value is -2.63. The van der Waals surface area contributed by atoms with Gasteiger partial charge in [0.25, 0.3) is 0 Å². The number of methoxy groups -OCH3 is 2. The monoisotopic (exact) mass is 581 g/mol. The second-order valence-corrected chi connectivity index (χ2v) is 7.87. The van der Waals surface area contributed by atoms with E-state index in [0.717, 1.165) is 16.8 Å². The average Bonchev–Trinajstić information content (AvgIpc) is 2.85. The van der Waals surface area contributed by atoms with Crippen molar-refractivity contribution in [3.8, 4) is 11.5 Å². The first-order valence-corrected chi connectivity index (χ1v) is 11.8. The van der Waals surface area contributed by atoms with E-state index in [0.29, 0.717) is 46.3 Å². The van der Waals surface area contributed by atoms with E-state index >= 15 is 0 Å². The lowest BCUT2D eigenvalue weighted by molar-refractivity contribution is 0.290. The number of fused-ring (bicyclic) bond motifs is 1. The highest BCUT2D eigenvalue weighted by Gasteiger charge is 2.17. The number of benzene rings is 1. The summed E-state index contributed by atoms with van der Waals surface area (Å²) in [6, 6.07) is 9.36. The number of hydrazone groups is 1. The van der Waals surface area contributed by atoms with Crippen LogP contribution in [0.15, 0.2) is 45.7 Å². The lowest BCUT2D eigenvalue weighted by Gasteiger charge is -2.25. The van der Waals surface area contributed by atoms with Crippen LogP contribution < -0.4 is 19.8 Å². The summed E-state index contributed by atoms with van der Waals surface area (Å²) in [7, 11) is 4.94. The van der Waals surface area contributed by atoms with Gasteiger partial charge < -0.3 is 24.9 Å². The molecule has 8 nitrogen and oxygen atoms in total. The summed E-state index contributed by atoms with van der Waals surface area (Å²) in [6.07, 6.45) is 3.95. The number of aromatic nitrogens is 2. The molecule has 0 aliphatic heterocycles. The van der Waals surface area contributed by atoms with Crippen LogP contribution in [0.4, 0.5) is 11.5 Å². The first-order valence-electron chi connectivity index (χ1n) is 10.1. The van der Waals surface area contributed by atoms with Gasteiger partial charge in [0.15, 0.2) is 0 Å². The standard InChI is InChI=1S/C23H25ClIN5O3/c1-26-28-13-15(12-25)19-14-27-20-5-6-21(29-23(20)22(19)24)30(7-4-8-31)16-9-17(32-2)11-18(10-16)33-3/h5-6,9-14,26,31H,4,7-8H2,1-3H3/b15-12+,28-13-. The van der Waals surface area contributed by atoms with Crippen LogP contribution in [-0.4, -0.2) is 55.7 Å². The maximum atomic E-state index is 9.47. The molecule has 3 rings (SSSR count). The lowest BCUT2D eigenvalue weighted by atomic mass is 10.1. The minimum Gasteiger partial charge on any atom is -0.497 e. The molecule has 0 amide bonds. The molecule has 2 heterocycles. The Morgan fingerprint density at radius 3 is 2.58 bits per heavy atom. The largest absolute Gasteiger partial charge is 0.497 e. The lowest BCUT2D eigenvalue weighted by Crippen LogP contribution is -2.20. The number of anilines is 2. The van der Waals surface area contributed by atoms with Gasteiger partial charge >= 0.3 is 0 Å². The van der Waals surface area contributed by atoms with Crippen LogP contribution in [0.1, 0.15) is 12.0 Å². The number of hydrogen-bond donors (Lipinski definition) is 2. The second-order valence-electron chi connectivity index (χ2n) is 6.87. The van der Waals surface area contributed by atoms with E-state index in [1.807, 2.05) is 33.2 Å². The van der Waals surface area contributed by atoms with Gasteiger partial charge in [0.1, 0.15) is 22.8 Å². The summed E-state index contributed by atoms with van der Waals surface area (Å²) in [5.41, 5.74) is 6.35. The number of rotatable bonds is 10. The Morgan fingerprint density at radius 2 is 1.97 bits per heavy atom. The highest BCUT2D eigenvalue weighted by Crippen LogP contribution is 2.35. The fraction of sp³-hybridized carbons (Fsp3) is 0.261. The van der Waals surface area contributed by atoms with E-state index in [-0.39, 0.29) is 6.61 Å². The van der Waals surface area contributed by atoms with E-state index < -0.39 is 0 Å². The molecule has 0 aliphatic rings. The van der Waals surface area contributed by atoms with Gasteiger partial charge in [0.2, 0.25) is 0 Å². The van der Waals surface area contributed by atoms with Gasteiger partial charge in [-0.1, -0.05) is 34.2 Å². The zero-order chi connectivity index (χ0) is 23.8. The highest BCUT2D eigenvalue weighted by molar-refractivity contribution is 14.1. The first-order chi connectivity index (χ1) is 16.1. The minimum atomic E-state index is 0.0479. The third-order valence-electron chi connectivity index (χ3n) is 4.86. The van der Waals surface area contributed by atoms with E-state index in [2.05, 4.69) is 38.1 Å². The molecule has 0 aliphatic carbocycles. The number of pyridine rings is 2. The van der Waals surface area contributed by atoms with Crippen LogP contribution in [0.3, 0.4) is 0 Å². The number of nitrogens with zero attached hydrogens (tertiary/aromatic N) is 4. The molecule has 0 spiro atoms. The number of halogens is 2. The SMILES string of the molecule is CN/N=C\C(=C/I)c1cnc2ccc(N(CCCO)c3cc(OC)cc(OC)c3)nc2c1Cl. The number of nitrogens with one attached hydrogen (secondary N) is 1. The molecule has 3 aromatic rings. The molecule has 2 N–H and O–H groups in total. The maximum absolute atomic E-state index is 9.47. The predicted molar refractivity (Wildman–Crippen MR) is 142 cm³/mol. The third-order valence-corrected chi connectivity index (χ3v) is 5.92. The van der Waals surface area contributed by atoms with Crippen molar-refractivity contribution in [3.05, 3.63) is 51.2 Å². The van der Waals surface area contributed by atoms with E-state index in [4.69, 9.17) is 26.1 Å². The fourth-order valence-corrected chi connectivity index (χ4v) is 4.01. The van der Waals surface area contributed by atoms with Crippen LogP contribution in [0, 0.1) is 0 Å². The summed E-state index contributed by atoms with van der Waals surface area (Å²) in [4.78, 5) is 11.4. The molecular weight excluding hydrogens is 557 g/mol. The Labute approximate surface area is 211 Å². The van der Waals surface area contributed by atoms with Crippen LogP contribution in [0.5, 0.6) is 11.5 Å². The first kappa shape index (κ1) is 25.0. The van der Waals surface area contributed by atoms with Crippen molar-refractivity contribution in [2.75, 3.05) is 39.3 Å². The van der Waals surface area contributed by atoms with Crippen LogP contribution >= 0.6 is 34.2 Å². The fourth-order valence-electron chi connectivity index (χ4n) is 3.22. The third kappa shape index (κ3) is 5.84. The minimum absolute atomic E-state index is 0.0479. The van der Waals surface area contributed by atoms with Crippen LogP contribution in [0.2, 0.25) is 5.02 Å². The normalized spacial score (nSPS) is 11.8. The van der Waals surface area contributed by atoms with Crippen molar-refractivity contribution in [1.29, 1.82) is 0 Å². The number of aliphatic hydroxyl groups is 1. The average molecular weight is 582 g/mol. The van der Waals surface area contributed by atoms with Crippen molar-refractivity contribution in [3.63, 3.8) is 0 Å².